The van der Waals surface area contributed by atoms with Crippen LogP contribution in [0.1, 0.15) is 26.2 Å². The topological polar surface area (TPSA) is 69.7 Å². The molecule has 2 atom stereocenters. The first-order valence-corrected chi connectivity index (χ1v) is 9.65. The standard InChI is InChI=1S/C14H27N3O3S/c1-3-17-7-4-5-13(17)10-16(2)14(18)9-12-11-21(19,20)8-6-15-12/h12-13,15H,3-11H2,1-2H3. The van der Waals surface area contributed by atoms with Gasteiger partial charge >= 0.3 is 0 Å². The maximum absolute atomic E-state index is 12.3. The van der Waals surface area contributed by atoms with E-state index in [0.29, 0.717) is 12.6 Å². The van der Waals surface area contributed by atoms with E-state index in [9.17, 15) is 13.2 Å². The first kappa shape index (κ1) is 16.7. The SMILES string of the molecule is CCN1CCCC1CN(C)C(=O)CC1CS(=O)(=O)CCN1. The van der Waals surface area contributed by atoms with Crippen LogP contribution in [0, 0.1) is 0 Å². The predicted molar refractivity (Wildman–Crippen MR) is 83.0 cm³/mol. The summed E-state index contributed by atoms with van der Waals surface area (Å²) in [4.78, 5) is 16.5. The summed E-state index contributed by atoms with van der Waals surface area (Å²) in [6.07, 6.45) is 2.61. The molecule has 7 heteroatoms. The molecule has 0 aromatic rings. The normalized spacial score (nSPS) is 29.4. The van der Waals surface area contributed by atoms with Crippen LogP contribution in [-0.4, -0.2) is 80.9 Å². The number of carbonyl (C=O) groups is 1. The van der Waals surface area contributed by atoms with Crippen LogP contribution < -0.4 is 5.32 Å². The molecule has 6 nitrogen and oxygen atoms in total. The minimum atomic E-state index is -2.98. The van der Waals surface area contributed by atoms with Crippen molar-refractivity contribution in [1.29, 1.82) is 0 Å². The molecule has 0 saturated carbocycles. The van der Waals surface area contributed by atoms with Gasteiger partial charge in [0.2, 0.25) is 5.91 Å². The highest BCUT2D eigenvalue weighted by Gasteiger charge is 2.29. The molecule has 0 spiro atoms. The number of sulfone groups is 1. The quantitative estimate of drug-likeness (QED) is 0.754. The van der Waals surface area contributed by atoms with Gasteiger partial charge in [-0.15, -0.1) is 0 Å². The number of amides is 1. The van der Waals surface area contributed by atoms with E-state index in [1.807, 2.05) is 7.05 Å². The third kappa shape index (κ3) is 4.66. The van der Waals surface area contributed by atoms with Crippen LogP contribution in [0.3, 0.4) is 0 Å². The second-order valence-corrected chi connectivity index (χ2v) is 8.40. The summed E-state index contributed by atoms with van der Waals surface area (Å²) in [6.45, 7) is 5.49. The number of likely N-dealkylation sites (N-methyl/N-ethyl adjacent to an activating group) is 2. The smallest absolute Gasteiger partial charge is 0.223 e. The van der Waals surface area contributed by atoms with Gasteiger partial charge in [-0.3, -0.25) is 9.69 Å². The Balaban J connectivity index is 1.82. The predicted octanol–water partition coefficient (Wildman–Crippen LogP) is -0.294. The van der Waals surface area contributed by atoms with E-state index in [0.717, 1.165) is 26.1 Å². The number of nitrogens with zero attached hydrogens (tertiary/aromatic N) is 2. The van der Waals surface area contributed by atoms with E-state index in [2.05, 4.69) is 17.1 Å². The van der Waals surface area contributed by atoms with Crippen molar-refractivity contribution in [2.45, 2.75) is 38.3 Å². The van der Waals surface area contributed by atoms with E-state index in [4.69, 9.17) is 0 Å². The van der Waals surface area contributed by atoms with Gasteiger partial charge in [-0.2, -0.15) is 0 Å². The van der Waals surface area contributed by atoms with Crippen LogP contribution in [0.25, 0.3) is 0 Å². The molecule has 2 unspecified atom stereocenters. The van der Waals surface area contributed by atoms with Gasteiger partial charge in [0, 0.05) is 38.6 Å². The Labute approximate surface area is 127 Å². The summed E-state index contributed by atoms with van der Waals surface area (Å²) in [7, 11) is -1.15. The van der Waals surface area contributed by atoms with Crippen molar-refractivity contribution in [3.63, 3.8) is 0 Å². The molecule has 0 bridgehead atoms. The van der Waals surface area contributed by atoms with E-state index in [1.54, 1.807) is 4.90 Å². The van der Waals surface area contributed by atoms with Gasteiger partial charge in [0.25, 0.3) is 0 Å². The van der Waals surface area contributed by atoms with Gasteiger partial charge in [0.1, 0.15) is 0 Å². The molecule has 2 fully saturated rings. The lowest BCUT2D eigenvalue weighted by atomic mass is 10.1. The fourth-order valence-electron chi connectivity index (χ4n) is 3.30. The van der Waals surface area contributed by atoms with Crippen molar-refractivity contribution in [2.75, 3.05) is 44.7 Å². The Morgan fingerprint density at radius 1 is 1.43 bits per heavy atom. The van der Waals surface area contributed by atoms with Crippen LogP contribution in [-0.2, 0) is 14.6 Å². The van der Waals surface area contributed by atoms with E-state index >= 15 is 0 Å². The number of nitrogens with one attached hydrogen (secondary N) is 1. The van der Waals surface area contributed by atoms with Crippen molar-refractivity contribution in [1.82, 2.24) is 15.1 Å². The zero-order valence-corrected chi connectivity index (χ0v) is 13.9. The maximum Gasteiger partial charge on any atom is 0.223 e. The monoisotopic (exact) mass is 317 g/mol. The molecule has 2 saturated heterocycles. The molecule has 122 valence electrons. The van der Waals surface area contributed by atoms with Crippen LogP contribution in [0.15, 0.2) is 0 Å². The third-order valence-corrected chi connectivity index (χ3v) is 6.27. The van der Waals surface area contributed by atoms with Gasteiger partial charge in [-0.05, 0) is 25.9 Å². The van der Waals surface area contributed by atoms with Gasteiger partial charge in [0.15, 0.2) is 9.84 Å². The fraction of sp³-hybridized carbons (Fsp3) is 0.929. The van der Waals surface area contributed by atoms with Gasteiger partial charge in [0.05, 0.1) is 11.5 Å². The maximum atomic E-state index is 12.3. The number of rotatable bonds is 5. The molecule has 2 aliphatic rings. The molecular weight excluding hydrogens is 290 g/mol. The molecule has 2 rings (SSSR count). The second-order valence-electron chi connectivity index (χ2n) is 6.17. The number of hydrogen-bond donors (Lipinski definition) is 1. The van der Waals surface area contributed by atoms with E-state index in [1.165, 1.54) is 6.42 Å². The number of hydrogen-bond acceptors (Lipinski definition) is 5. The van der Waals surface area contributed by atoms with Crippen LogP contribution in [0.2, 0.25) is 0 Å². The molecule has 0 aromatic heterocycles. The summed E-state index contributed by atoms with van der Waals surface area (Å²) < 4.78 is 23.2. The molecule has 2 heterocycles. The van der Waals surface area contributed by atoms with Gasteiger partial charge < -0.3 is 10.2 Å². The Kier molecular flexibility index (Phi) is 5.62. The molecule has 2 aliphatic heterocycles. The lowest BCUT2D eigenvalue weighted by molar-refractivity contribution is -0.130. The third-order valence-electron chi connectivity index (χ3n) is 4.54. The van der Waals surface area contributed by atoms with Crippen molar-refractivity contribution in [2.24, 2.45) is 0 Å². The van der Waals surface area contributed by atoms with Crippen molar-refractivity contribution in [3.05, 3.63) is 0 Å². The lowest BCUT2D eigenvalue weighted by Gasteiger charge is -2.29. The number of likely N-dealkylation sites (tertiary alicyclic amines) is 1. The molecule has 21 heavy (non-hydrogen) atoms. The largest absolute Gasteiger partial charge is 0.344 e. The average molecular weight is 317 g/mol. The highest BCUT2D eigenvalue weighted by atomic mass is 32.2. The summed E-state index contributed by atoms with van der Waals surface area (Å²) in [5.41, 5.74) is 0. The van der Waals surface area contributed by atoms with E-state index < -0.39 is 9.84 Å². The van der Waals surface area contributed by atoms with Crippen molar-refractivity contribution >= 4 is 15.7 Å². The Morgan fingerprint density at radius 3 is 2.86 bits per heavy atom. The molecule has 0 radical (unpaired) electrons. The van der Waals surface area contributed by atoms with Crippen molar-refractivity contribution in [3.8, 4) is 0 Å². The van der Waals surface area contributed by atoms with Gasteiger partial charge in [-0.25, -0.2) is 8.42 Å². The average Bonchev–Trinajstić information content (AvgIpc) is 2.84. The Hall–Kier alpha value is -0.660. The second kappa shape index (κ2) is 7.07. The summed E-state index contributed by atoms with van der Waals surface area (Å²) >= 11 is 0. The summed E-state index contributed by atoms with van der Waals surface area (Å²) in [5.74, 6) is 0.297. The highest BCUT2D eigenvalue weighted by Crippen LogP contribution is 2.17. The van der Waals surface area contributed by atoms with Crippen LogP contribution >= 0.6 is 0 Å². The van der Waals surface area contributed by atoms with Crippen LogP contribution in [0.4, 0.5) is 0 Å². The first-order valence-electron chi connectivity index (χ1n) is 7.83. The fourth-order valence-corrected chi connectivity index (χ4v) is 4.75. The minimum absolute atomic E-state index is 0.0348. The summed E-state index contributed by atoms with van der Waals surface area (Å²) in [6, 6.07) is 0.219. The molecule has 0 aromatic carbocycles. The lowest BCUT2D eigenvalue weighted by Crippen LogP contribution is -2.48. The highest BCUT2D eigenvalue weighted by molar-refractivity contribution is 7.91. The Bertz CT molecular complexity index is 466. The first-order chi connectivity index (χ1) is 9.91. The zero-order valence-electron chi connectivity index (χ0n) is 13.0. The van der Waals surface area contributed by atoms with E-state index in [-0.39, 0.29) is 29.9 Å². The Morgan fingerprint density at radius 2 is 2.19 bits per heavy atom. The minimum Gasteiger partial charge on any atom is -0.344 e. The molecular formula is C14H27N3O3S. The van der Waals surface area contributed by atoms with Gasteiger partial charge in [-0.1, -0.05) is 6.92 Å². The zero-order chi connectivity index (χ0) is 15.5. The summed E-state index contributed by atoms with van der Waals surface area (Å²) in [5, 5.41) is 3.14. The molecule has 1 N–H and O–H groups in total. The number of carbonyl (C=O) groups excluding carboxylic acids is 1. The van der Waals surface area contributed by atoms with Crippen LogP contribution in [0.5, 0.6) is 0 Å². The molecule has 0 aliphatic carbocycles. The molecule has 1 amide bonds. The van der Waals surface area contributed by atoms with Crippen molar-refractivity contribution < 1.29 is 13.2 Å².